The first kappa shape index (κ1) is 15.9. The largest absolute Gasteiger partial charge is 0.398 e. The summed E-state index contributed by atoms with van der Waals surface area (Å²) < 4.78 is 0. The normalized spacial score (nSPS) is 10.4. The van der Waals surface area contributed by atoms with Crippen molar-refractivity contribution in [2.24, 2.45) is 0 Å². The number of nitrogen functional groups attached to an aromatic ring is 2. The van der Waals surface area contributed by atoms with Crippen molar-refractivity contribution in [3.05, 3.63) is 83.9 Å². The van der Waals surface area contributed by atoms with E-state index in [0.29, 0.717) is 0 Å². The monoisotopic (exact) mass is 314 g/mol. The predicted octanol–water partition coefficient (Wildman–Crippen LogP) is 5.46. The second-order valence-electron chi connectivity index (χ2n) is 6.03. The fourth-order valence-corrected chi connectivity index (χ4v) is 2.95. The van der Waals surface area contributed by atoms with Gasteiger partial charge >= 0.3 is 0 Å². The molecule has 0 radical (unpaired) electrons. The van der Waals surface area contributed by atoms with Gasteiger partial charge in [-0.3, -0.25) is 0 Å². The Morgan fingerprint density at radius 2 is 0.792 bits per heavy atom. The van der Waals surface area contributed by atoms with Crippen LogP contribution in [0.3, 0.4) is 0 Å². The molecule has 4 rings (SSSR count). The molecule has 0 unspecified atom stereocenters. The maximum atomic E-state index is 5.83. The molecule has 4 aromatic rings. The molecule has 120 valence electrons. The summed E-state index contributed by atoms with van der Waals surface area (Å²) in [6.45, 7) is 4.20. The zero-order chi connectivity index (χ0) is 17.1. The average Bonchev–Trinajstić information content (AvgIpc) is 2.63. The average molecular weight is 314 g/mol. The lowest BCUT2D eigenvalue weighted by atomic mass is 10.0. The molecule has 0 aromatic heterocycles. The molecule has 0 saturated heterocycles. The molecular weight excluding hydrogens is 292 g/mol. The summed E-state index contributed by atoms with van der Waals surface area (Å²) >= 11 is 0. The molecule has 0 aliphatic heterocycles. The molecule has 0 bridgehead atoms. The molecule has 0 fully saturated rings. The summed E-state index contributed by atoms with van der Waals surface area (Å²) in [6.07, 6.45) is 0. The van der Waals surface area contributed by atoms with E-state index in [9.17, 15) is 0 Å². The Kier molecular flexibility index (Phi) is 4.39. The molecule has 0 saturated carbocycles. The van der Waals surface area contributed by atoms with Crippen molar-refractivity contribution in [3.63, 3.8) is 0 Å². The van der Waals surface area contributed by atoms with Gasteiger partial charge in [0.25, 0.3) is 0 Å². The molecule has 2 heteroatoms. The summed E-state index contributed by atoms with van der Waals surface area (Å²) in [5.41, 5.74) is 15.9. The Labute approximate surface area is 142 Å². The van der Waals surface area contributed by atoms with Crippen LogP contribution in [0.4, 0.5) is 11.4 Å². The third-order valence-corrected chi connectivity index (χ3v) is 4.35. The Morgan fingerprint density at radius 3 is 1.12 bits per heavy atom. The quantitative estimate of drug-likeness (QED) is 0.423. The van der Waals surface area contributed by atoms with E-state index in [1.807, 2.05) is 36.4 Å². The number of benzene rings is 4. The van der Waals surface area contributed by atoms with E-state index >= 15 is 0 Å². The van der Waals surface area contributed by atoms with Crippen LogP contribution >= 0.6 is 0 Å². The van der Waals surface area contributed by atoms with E-state index < -0.39 is 0 Å². The lowest BCUT2D eigenvalue weighted by Crippen LogP contribution is -1.87. The third kappa shape index (κ3) is 3.04. The fourth-order valence-electron chi connectivity index (χ4n) is 2.95. The Morgan fingerprint density at radius 1 is 0.458 bits per heavy atom. The highest BCUT2D eigenvalue weighted by atomic mass is 14.6. The Bertz CT molecular complexity index is 839. The highest BCUT2D eigenvalue weighted by Crippen LogP contribution is 2.24. The highest BCUT2D eigenvalue weighted by molar-refractivity contribution is 5.95. The second kappa shape index (κ2) is 6.63. The van der Waals surface area contributed by atoms with Gasteiger partial charge in [-0.1, -0.05) is 60.7 Å². The van der Waals surface area contributed by atoms with E-state index in [1.54, 1.807) is 0 Å². The molecule has 0 aliphatic rings. The number of nitrogens with two attached hydrogens (primary N) is 2. The van der Waals surface area contributed by atoms with E-state index in [4.69, 9.17) is 11.5 Å². The van der Waals surface area contributed by atoms with Crippen LogP contribution in [-0.4, -0.2) is 0 Å². The van der Waals surface area contributed by atoms with Crippen molar-refractivity contribution >= 4 is 32.9 Å². The molecule has 4 aromatic carbocycles. The van der Waals surface area contributed by atoms with Gasteiger partial charge in [-0.05, 0) is 47.9 Å². The van der Waals surface area contributed by atoms with Crippen molar-refractivity contribution in [1.29, 1.82) is 0 Å². The van der Waals surface area contributed by atoms with Gasteiger partial charge < -0.3 is 11.5 Å². The molecule has 0 spiro atoms. The maximum Gasteiger partial charge on any atom is 0.0393 e. The van der Waals surface area contributed by atoms with Crippen LogP contribution in [0.2, 0.25) is 0 Å². The molecule has 0 atom stereocenters. The first-order chi connectivity index (χ1) is 11.6. The van der Waals surface area contributed by atoms with Gasteiger partial charge in [-0.2, -0.15) is 0 Å². The lowest BCUT2D eigenvalue weighted by Gasteiger charge is -2.03. The van der Waals surface area contributed by atoms with Crippen LogP contribution in [0.5, 0.6) is 0 Å². The number of fused-ring (bicyclic) bond motifs is 2. The first-order valence-electron chi connectivity index (χ1n) is 8.05. The smallest absolute Gasteiger partial charge is 0.0393 e. The predicted molar refractivity (Wildman–Crippen MR) is 106 cm³/mol. The van der Waals surface area contributed by atoms with Crippen LogP contribution in [0.1, 0.15) is 11.1 Å². The van der Waals surface area contributed by atoms with Crippen LogP contribution in [0.25, 0.3) is 21.5 Å². The summed E-state index contributed by atoms with van der Waals surface area (Å²) in [7, 11) is 0. The second-order valence-corrected chi connectivity index (χ2v) is 6.03. The molecule has 2 nitrogen and oxygen atoms in total. The van der Waals surface area contributed by atoms with Gasteiger partial charge in [0, 0.05) is 22.1 Å². The third-order valence-electron chi connectivity index (χ3n) is 4.35. The van der Waals surface area contributed by atoms with Crippen molar-refractivity contribution in [2.45, 2.75) is 13.8 Å². The van der Waals surface area contributed by atoms with E-state index in [0.717, 1.165) is 22.1 Å². The topological polar surface area (TPSA) is 52.0 Å². The number of hydrogen-bond donors (Lipinski definition) is 2. The van der Waals surface area contributed by atoms with Crippen LogP contribution < -0.4 is 11.5 Å². The molecule has 0 heterocycles. The lowest BCUT2D eigenvalue weighted by molar-refractivity contribution is 1.53. The van der Waals surface area contributed by atoms with Crippen LogP contribution in [-0.2, 0) is 0 Å². The molecule has 24 heavy (non-hydrogen) atoms. The summed E-state index contributed by atoms with van der Waals surface area (Å²) in [5.74, 6) is 0. The number of rotatable bonds is 0. The minimum atomic E-state index is 0.858. The number of aryl methyl sites for hydroxylation is 2. The highest BCUT2D eigenvalue weighted by Gasteiger charge is 1.98. The Balaban J connectivity index is 0.000000141. The van der Waals surface area contributed by atoms with Gasteiger partial charge in [0.15, 0.2) is 0 Å². The van der Waals surface area contributed by atoms with Crippen molar-refractivity contribution in [1.82, 2.24) is 0 Å². The van der Waals surface area contributed by atoms with Crippen molar-refractivity contribution < 1.29 is 0 Å². The fraction of sp³-hybridized carbons (Fsp3) is 0.0909. The van der Waals surface area contributed by atoms with E-state index in [1.165, 1.54) is 21.9 Å². The molecule has 4 N–H and O–H groups in total. The van der Waals surface area contributed by atoms with Crippen LogP contribution in [0, 0.1) is 13.8 Å². The number of hydrogen-bond acceptors (Lipinski definition) is 2. The standard InChI is InChI=1S/2C11H11N/c2*1-8-6-7-11(12)10-5-3-2-4-9(8)10/h2*2-7H,12H2,1H3. The molecule has 0 aliphatic carbocycles. The maximum absolute atomic E-state index is 5.83. The van der Waals surface area contributed by atoms with E-state index in [-0.39, 0.29) is 0 Å². The zero-order valence-corrected chi connectivity index (χ0v) is 14.1. The zero-order valence-electron chi connectivity index (χ0n) is 14.1. The number of anilines is 2. The van der Waals surface area contributed by atoms with Gasteiger partial charge in [-0.25, -0.2) is 0 Å². The van der Waals surface area contributed by atoms with Gasteiger partial charge in [0.2, 0.25) is 0 Å². The molecule has 0 amide bonds. The Hall–Kier alpha value is -3.00. The van der Waals surface area contributed by atoms with Gasteiger partial charge in [0.05, 0.1) is 0 Å². The minimum Gasteiger partial charge on any atom is -0.398 e. The summed E-state index contributed by atoms with van der Waals surface area (Å²) in [6, 6.07) is 24.4. The minimum absolute atomic E-state index is 0.858. The van der Waals surface area contributed by atoms with Crippen molar-refractivity contribution in [3.8, 4) is 0 Å². The summed E-state index contributed by atoms with van der Waals surface area (Å²) in [5, 5.41) is 4.80. The summed E-state index contributed by atoms with van der Waals surface area (Å²) in [4.78, 5) is 0. The first-order valence-corrected chi connectivity index (χ1v) is 8.05. The van der Waals surface area contributed by atoms with Gasteiger partial charge in [0.1, 0.15) is 0 Å². The van der Waals surface area contributed by atoms with Gasteiger partial charge in [-0.15, -0.1) is 0 Å². The molecular formula is C22H22N2. The SMILES string of the molecule is Cc1ccc(N)c2ccccc12.Cc1ccc(N)c2ccccc12. The van der Waals surface area contributed by atoms with E-state index in [2.05, 4.69) is 50.2 Å². The van der Waals surface area contributed by atoms with Crippen molar-refractivity contribution in [2.75, 3.05) is 11.5 Å². The van der Waals surface area contributed by atoms with Crippen LogP contribution in [0.15, 0.2) is 72.8 Å².